The zero-order chi connectivity index (χ0) is 13.5. The van der Waals surface area contributed by atoms with Gasteiger partial charge in [0.05, 0.1) is 30.0 Å². The maximum Gasteiger partial charge on any atom is 0.209 e. The molecule has 98 valence electrons. The van der Waals surface area contributed by atoms with E-state index in [1.165, 1.54) is 0 Å². The molecule has 8 heteroatoms. The second-order valence-electron chi connectivity index (χ2n) is 4.17. The first-order chi connectivity index (χ1) is 9.03. The third-order valence-electron chi connectivity index (χ3n) is 2.63. The van der Waals surface area contributed by atoms with Crippen molar-refractivity contribution in [1.29, 1.82) is 0 Å². The minimum atomic E-state index is -3.24. The van der Waals surface area contributed by atoms with E-state index in [9.17, 15) is 8.42 Å². The maximum absolute atomic E-state index is 11.1. The van der Waals surface area contributed by atoms with E-state index in [0.717, 1.165) is 22.8 Å². The third kappa shape index (κ3) is 2.40. The van der Waals surface area contributed by atoms with E-state index in [2.05, 4.69) is 24.7 Å². The van der Waals surface area contributed by atoms with Gasteiger partial charge in [0.2, 0.25) is 10.0 Å². The Morgan fingerprint density at radius 3 is 2.95 bits per heavy atom. The van der Waals surface area contributed by atoms with E-state index >= 15 is 0 Å². The lowest BCUT2D eigenvalue weighted by atomic mass is 10.3. The minimum absolute atomic E-state index is 0.113. The van der Waals surface area contributed by atoms with Crippen LogP contribution in [0.5, 0.6) is 0 Å². The van der Waals surface area contributed by atoms with Gasteiger partial charge in [-0.1, -0.05) is 0 Å². The number of hydrogen-bond donors (Lipinski definition) is 2. The third-order valence-corrected chi connectivity index (χ3v) is 3.30. The van der Waals surface area contributed by atoms with Crippen LogP contribution in [-0.4, -0.2) is 34.6 Å². The Morgan fingerprint density at radius 2 is 2.16 bits per heavy atom. The summed E-state index contributed by atoms with van der Waals surface area (Å²) in [5.74, 6) is 0.528. The highest BCUT2D eigenvalue weighted by Gasteiger charge is 2.09. The standard InChI is InChI=1S/C11H11N5O2S/c1-19(17,18)14-6-9-15-8-5-13-7-3-2-4-12-10(7)11(8)16-9/h2-5,14H,6H2,1H3,(H,15,16). The number of imidazole rings is 1. The average molecular weight is 277 g/mol. The second kappa shape index (κ2) is 4.25. The molecule has 19 heavy (non-hydrogen) atoms. The van der Waals surface area contributed by atoms with E-state index in [1.807, 2.05) is 12.1 Å². The maximum atomic E-state index is 11.1. The van der Waals surface area contributed by atoms with Crippen LogP contribution >= 0.6 is 0 Å². The number of nitrogens with zero attached hydrogens (tertiary/aromatic N) is 3. The summed E-state index contributed by atoms with van der Waals surface area (Å²) < 4.78 is 24.5. The van der Waals surface area contributed by atoms with E-state index in [0.29, 0.717) is 11.3 Å². The van der Waals surface area contributed by atoms with E-state index in [4.69, 9.17) is 0 Å². The molecular formula is C11H11N5O2S. The number of nitrogens with one attached hydrogen (secondary N) is 2. The first kappa shape index (κ1) is 12.0. The SMILES string of the molecule is CS(=O)(=O)NCc1nc2cnc3cccnc3c2[nH]1. The number of rotatable bonds is 3. The highest BCUT2D eigenvalue weighted by atomic mass is 32.2. The summed E-state index contributed by atoms with van der Waals surface area (Å²) in [5, 5.41) is 0. The Morgan fingerprint density at radius 1 is 1.32 bits per heavy atom. The lowest BCUT2D eigenvalue weighted by molar-refractivity contribution is 0.586. The summed E-state index contributed by atoms with van der Waals surface area (Å²) in [6.07, 6.45) is 4.42. The summed E-state index contributed by atoms with van der Waals surface area (Å²) in [5.41, 5.74) is 2.91. The lowest BCUT2D eigenvalue weighted by Gasteiger charge is -1.97. The molecule has 0 unspecified atom stereocenters. The molecule has 0 saturated heterocycles. The van der Waals surface area contributed by atoms with Gasteiger partial charge in [-0.25, -0.2) is 18.1 Å². The Bertz CT molecular complexity index is 856. The van der Waals surface area contributed by atoms with Crippen LogP contribution in [0.25, 0.3) is 22.1 Å². The van der Waals surface area contributed by atoms with Crippen molar-refractivity contribution in [1.82, 2.24) is 24.7 Å². The second-order valence-corrected chi connectivity index (χ2v) is 6.00. The van der Waals surface area contributed by atoms with E-state index in [-0.39, 0.29) is 6.54 Å². The Kier molecular flexibility index (Phi) is 2.68. The van der Waals surface area contributed by atoms with Gasteiger partial charge in [0.15, 0.2) is 0 Å². The molecule has 3 aromatic rings. The molecule has 0 bridgehead atoms. The summed E-state index contributed by atoms with van der Waals surface area (Å²) in [6.45, 7) is 0.113. The smallest absolute Gasteiger partial charge is 0.209 e. The summed E-state index contributed by atoms with van der Waals surface area (Å²) >= 11 is 0. The normalized spacial score (nSPS) is 12.3. The molecule has 0 atom stereocenters. The largest absolute Gasteiger partial charge is 0.339 e. The van der Waals surface area contributed by atoms with Crippen molar-refractivity contribution in [3.05, 3.63) is 30.4 Å². The van der Waals surface area contributed by atoms with Gasteiger partial charge < -0.3 is 4.98 Å². The molecule has 0 aromatic carbocycles. The Hall–Kier alpha value is -2.06. The van der Waals surface area contributed by atoms with Crippen LogP contribution in [0.1, 0.15) is 5.82 Å². The lowest BCUT2D eigenvalue weighted by Crippen LogP contribution is -2.21. The highest BCUT2D eigenvalue weighted by Crippen LogP contribution is 2.19. The van der Waals surface area contributed by atoms with Gasteiger partial charge in [-0.3, -0.25) is 9.97 Å². The number of pyridine rings is 2. The van der Waals surface area contributed by atoms with E-state index in [1.54, 1.807) is 12.4 Å². The van der Waals surface area contributed by atoms with Gasteiger partial charge in [-0.2, -0.15) is 0 Å². The fourth-order valence-electron chi connectivity index (χ4n) is 1.82. The summed E-state index contributed by atoms with van der Waals surface area (Å²) in [6, 6.07) is 3.67. The monoisotopic (exact) mass is 277 g/mol. The van der Waals surface area contributed by atoms with Crippen LogP contribution in [0.4, 0.5) is 0 Å². The number of aromatic amines is 1. The number of fused-ring (bicyclic) bond motifs is 3. The molecule has 0 spiro atoms. The van der Waals surface area contributed by atoms with Gasteiger partial charge in [-0.15, -0.1) is 0 Å². The van der Waals surface area contributed by atoms with Crippen molar-refractivity contribution in [2.75, 3.05) is 6.26 Å². The Labute approximate surface area is 109 Å². The van der Waals surface area contributed by atoms with Crippen molar-refractivity contribution in [3.63, 3.8) is 0 Å². The summed E-state index contributed by atoms with van der Waals surface area (Å²) in [7, 11) is -3.24. The summed E-state index contributed by atoms with van der Waals surface area (Å²) in [4.78, 5) is 15.9. The molecule has 2 N–H and O–H groups in total. The Balaban J connectivity index is 2.08. The van der Waals surface area contributed by atoms with Crippen LogP contribution in [0.15, 0.2) is 24.5 Å². The zero-order valence-corrected chi connectivity index (χ0v) is 10.9. The molecule has 3 rings (SSSR count). The molecule has 3 aromatic heterocycles. The molecule has 3 heterocycles. The average Bonchev–Trinajstić information content (AvgIpc) is 2.79. The predicted octanol–water partition coefficient (Wildman–Crippen LogP) is 0.555. The van der Waals surface area contributed by atoms with Gasteiger partial charge in [-0.05, 0) is 12.1 Å². The van der Waals surface area contributed by atoms with Crippen molar-refractivity contribution in [2.24, 2.45) is 0 Å². The predicted molar refractivity (Wildman–Crippen MR) is 70.9 cm³/mol. The highest BCUT2D eigenvalue weighted by molar-refractivity contribution is 7.88. The molecular weight excluding hydrogens is 266 g/mol. The van der Waals surface area contributed by atoms with Crippen LogP contribution < -0.4 is 4.72 Å². The van der Waals surface area contributed by atoms with Gasteiger partial charge >= 0.3 is 0 Å². The minimum Gasteiger partial charge on any atom is -0.339 e. The molecule has 0 radical (unpaired) electrons. The molecule has 7 nitrogen and oxygen atoms in total. The van der Waals surface area contributed by atoms with E-state index < -0.39 is 10.0 Å². The number of H-pyrrole nitrogens is 1. The fraction of sp³-hybridized carbons (Fsp3) is 0.182. The van der Waals surface area contributed by atoms with Crippen molar-refractivity contribution in [3.8, 4) is 0 Å². The van der Waals surface area contributed by atoms with Crippen LogP contribution in [0, 0.1) is 0 Å². The number of sulfonamides is 1. The zero-order valence-electron chi connectivity index (χ0n) is 10.1. The first-order valence-electron chi connectivity index (χ1n) is 5.56. The topological polar surface area (TPSA) is 101 Å². The first-order valence-corrected chi connectivity index (χ1v) is 7.45. The molecule has 0 aliphatic rings. The number of hydrogen-bond acceptors (Lipinski definition) is 5. The van der Waals surface area contributed by atoms with Crippen molar-refractivity contribution in [2.45, 2.75) is 6.54 Å². The quantitative estimate of drug-likeness (QED) is 0.728. The van der Waals surface area contributed by atoms with Crippen LogP contribution in [-0.2, 0) is 16.6 Å². The van der Waals surface area contributed by atoms with Crippen molar-refractivity contribution >= 4 is 32.1 Å². The van der Waals surface area contributed by atoms with Crippen molar-refractivity contribution < 1.29 is 8.42 Å². The van der Waals surface area contributed by atoms with Gasteiger partial charge in [0.1, 0.15) is 16.9 Å². The van der Waals surface area contributed by atoms with Crippen LogP contribution in [0.3, 0.4) is 0 Å². The van der Waals surface area contributed by atoms with Crippen LogP contribution in [0.2, 0.25) is 0 Å². The molecule has 0 amide bonds. The molecule has 0 aliphatic carbocycles. The number of aromatic nitrogens is 4. The molecule has 0 fully saturated rings. The molecule has 0 saturated carbocycles. The fourth-order valence-corrected chi connectivity index (χ4v) is 2.22. The van der Waals surface area contributed by atoms with Gasteiger partial charge in [0, 0.05) is 6.20 Å². The molecule has 0 aliphatic heterocycles. The van der Waals surface area contributed by atoms with Gasteiger partial charge in [0.25, 0.3) is 0 Å².